The fourth-order valence-electron chi connectivity index (χ4n) is 2.47. The molecule has 1 N–H and O–H groups in total. The molecule has 0 saturated heterocycles. The molecule has 0 unspecified atom stereocenters. The number of aryl methyl sites for hydroxylation is 1. The van der Waals surface area contributed by atoms with Gasteiger partial charge >= 0.3 is 5.69 Å². The Hall–Kier alpha value is -2.08. The maximum absolute atomic E-state index is 11.9. The third-order valence-corrected chi connectivity index (χ3v) is 4.58. The van der Waals surface area contributed by atoms with Crippen molar-refractivity contribution in [1.82, 2.24) is 14.8 Å². The Kier molecular flexibility index (Phi) is 3.78. The van der Waals surface area contributed by atoms with Crippen molar-refractivity contribution in [2.45, 2.75) is 40.3 Å². The average Bonchev–Trinajstić information content (AvgIpc) is 2.99. The Morgan fingerprint density at radius 1 is 1.41 bits per heavy atom. The summed E-state index contributed by atoms with van der Waals surface area (Å²) in [5, 5.41) is 7.81. The van der Waals surface area contributed by atoms with Crippen LogP contribution in [0.25, 0.3) is 20.8 Å². The number of fused-ring (bicyclic) bond motifs is 1. The predicted molar refractivity (Wildman–Crippen MR) is 89.8 cm³/mol. The van der Waals surface area contributed by atoms with Gasteiger partial charge in [-0.25, -0.2) is 9.89 Å². The van der Waals surface area contributed by atoms with Crippen molar-refractivity contribution in [1.29, 1.82) is 0 Å². The first kappa shape index (κ1) is 14.8. The molecule has 0 atom stereocenters. The van der Waals surface area contributed by atoms with Crippen molar-refractivity contribution in [2.75, 3.05) is 0 Å². The quantitative estimate of drug-likeness (QED) is 0.800. The summed E-state index contributed by atoms with van der Waals surface area (Å²) in [6.45, 7) is 8.56. The normalized spacial score (nSPS) is 11.5. The average molecular weight is 317 g/mol. The summed E-state index contributed by atoms with van der Waals surface area (Å²) in [5.41, 5.74) is 0.988. The second-order valence-electron chi connectivity index (χ2n) is 5.52. The molecule has 22 heavy (non-hydrogen) atoms. The number of benzene rings is 1. The minimum absolute atomic E-state index is 0.0535. The Morgan fingerprint density at radius 2 is 2.18 bits per heavy atom. The van der Waals surface area contributed by atoms with Gasteiger partial charge in [0.1, 0.15) is 10.6 Å². The van der Waals surface area contributed by atoms with E-state index in [1.54, 1.807) is 15.9 Å². The number of nitrogens with zero attached hydrogens (tertiary/aromatic N) is 2. The molecule has 0 spiro atoms. The molecule has 0 radical (unpaired) electrons. The molecule has 0 fully saturated rings. The highest BCUT2D eigenvalue weighted by atomic mass is 32.1. The fraction of sp³-hybridized carbons (Fsp3) is 0.375. The molecule has 1 aromatic carbocycles. The summed E-state index contributed by atoms with van der Waals surface area (Å²) >= 11 is 1.60. The van der Waals surface area contributed by atoms with Crippen molar-refractivity contribution in [2.24, 2.45) is 0 Å². The van der Waals surface area contributed by atoms with Gasteiger partial charge in [0.2, 0.25) is 0 Å². The van der Waals surface area contributed by atoms with Gasteiger partial charge in [0.05, 0.1) is 6.10 Å². The summed E-state index contributed by atoms with van der Waals surface area (Å²) < 4.78 is 8.82. The SMILES string of the molecule is CCn1c(-c2sc3ccc(C)cc3c2OC(C)C)n[nH]c1=O. The first-order chi connectivity index (χ1) is 10.5. The van der Waals surface area contributed by atoms with Crippen LogP contribution >= 0.6 is 11.3 Å². The van der Waals surface area contributed by atoms with E-state index in [-0.39, 0.29) is 11.8 Å². The van der Waals surface area contributed by atoms with Crippen molar-refractivity contribution in [3.05, 3.63) is 34.2 Å². The monoisotopic (exact) mass is 317 g/mol. The highest BCUT2D eigenvalue weighted by Gasteiger charge is 2.21. The van der Waals surface area contributed by atoms with Gasteiger partial charge in [-0.3, -0.25) is 4.57 Å². The summed E-state index contributed by atoms with van der Waals surface area (Å²) in [7, 11) is 0. The largest absolute Gasteiger partial charge is 0.489 e. The van der Waals surface area contributed by atoms with E-state index in [1.807, 2.05) is 20.8 Å². The first-order valence-corrected chi connectivity index (χ1v) is 8.18. The molecule has 0 saturated carbocycles. The van der Waals surface area contributed by atoms with E-state index in [1.165, 1.54) is 5.56 Å². The van der Waals surface area contributed by atoms with Crippen LogP contribution in [-0.4, -0.2) is 20.9 Å². The van der Waals surface area contributed by atoms with Crippen LogP contribution in [0.2, 0.25) is 0 Å². The number of thiophene rings is 1. The van der Waals surface area contributed by atoms with Crippen LogP contribution in [0.5, 0.6) is 5.75 Å². The van der Waals surface area contributed by atoms with Gasteiger partial charge in [-0.05, 0) is 39.8 Å². The molecule has 0 aliphatic rings. The Bertz CT molecular complexity index is 873. The molecule has 5 nitrogen and oxygen atoms in total. The molecular formula is C16H19N3O2S. The van der Waals surface area contributed by atoms with Gasteiger partial charge in [0, 0.05) is 16.6 Å². The maximum atomic E-state index is 11.9. The lowest BCUT2D eigenvalue weighted by atomic mass is 10.1. The molecule has 116 valence electrons. The summed E-state index contributed by atoms with van der Waals surface area (Å²) in [4.78, 5) is 12.8. The lowest BCUT2D eigenvalue weighted by molar-refractivity contribution is 0.247. The minimum atomic E-state index is -0.193. The highest BCUT2D eigenvalue weighted by molar-refractivity contribution is 7.22. The van der Waals surface area contributed by atoms with E-state index in [0.717, 1.165) is 20.7 Å². The molecule has 0 aliphatic heterocycles. The van der Waals surface area contributed by atoms with E-state index in [0.29, 0.717) is 12.4 Å². The molecular weight excluding hydrogens is 298 g/mol. The second-order valence-corrected chi connectivity index (χ2v) is 6.58. The fourth-order valence-corrected chi connectivity index (χ4v) is 3.59. The second kappa shape index (κ2) is 5.61. The highest BCUT2D eigenvalue weighted by Crippen LogP contribution is 2.44. The molecule has 0 bridgehead atoms. The van der Waals surface area contributed by atoms with E-state index in [9.17, 15) is 4.79 Å². The van der Waals surface area contributed by atoms with E-state index < -0.39 is 0 Å². The standard InChI is InChI=1S/C16H19N3O2S/c1-5-19-15(17-18-16(19)20)14-13(21-9(2)3)11-8-10(4)6-7-12(11)22-14/h6-9H,5H2,1-4H3,(H,18,20). The molecule has 2 heterocycles. The zero-order chi connectivity index (χ0) is 15.9. The number of nitrogens with one attached hydrogen (secondary N) is 1. The van der Waals surface area contributed by atoms with Gasteiger partial charge < -0.3 is 4.74 Å². The van der Waals surface area contributed by atoms with Crippen LogP contribution < -0.4 is 10.4 Å². The molecule has 2 aromatic heterocycles. The van der Waals surface area contributed by atoms with Gasteiger partial charge in [0.15, 0.2) is 5.82 Å². The summed E-state index contributed by atoms with van der Waals surface area (Å²) in [5.74, 6) is 1.45. The third kappa shape index (κ3) is 2.43. The van der Waals surface area contributed by atoms with Gasteiger partial charge in [-0.15, -0.1) is 11.3 Å². The maximum Gasteiger partial charge on any atom is 0.343 e. The Morgan fingerprint density at radius 3 is 2.86 bits per heavy atom. The van der Waals surface area contributed by atoms with Gasteiger partial charge in [0.25, 0.3) is 0 Å². The van der Waals surface area contributed by atoms with Crippen molar-refractivity contribution in [3.63, 3.8) is 0 Å². The van der Waals surface area contributed by atoms with Crippen LogP contribution in [0.3, 0.4) is 0 Å². The van der Waals surface area contributed by atoms with Crippen molar-refractivity contribution >= 4 is 21.4 Å². The summed E-state index contributed by atoms with van der Waals surface area (Å²) in [6, 6.07) is 6.29. The van der Waals surface area contributed by atoms with Gasteiger partial charge in [-0.2, -0.15) is 5.10 Å². The molecule has 3 aromatic rings. The molecule has 6 heteroatoms. The Labute approximate surface area is 132 Å². The van der Waals surface area contributed by atoms with E-state index >= 15 is 0 Å². The Balaban J connectivity index is 2.30. The number of hydrogen-bond donors (Lipinski definition) is 1. The number of hydrogen-bond acceptors (Lipinski definition) is 4. The van der Waals surface area contributed by atoms with Crippen molar-refractivity contribution < 1.29 is 4.74 Å². The van der Waals surface area contributed by atoms with Gasteiger partial charge in [-0.1, -0.05) is 11.6 Å². The van der Waals surface area contributed by atoms with Crippen LogP contribution in [0, 0.1) is 6.92 Å². The zero-order valence-electron chi connectivity index (χ0n) is 13.1. The minimum Gasteiger partial charge on any atom is -0.489 e. The zero-order valence-corrected chi connectivity index (χ0v) is 14.0. The lowest BCUT2D eigenvalue weighted by Crippen LogP contribution is -2.16. The van der Waals surface area contributed by atoms with E-state index in [4.69, 9.17) is 4.74 Å². The van der Waals surface area contributed by atoms with Crippen LogP contribution in [0.1, 0.15) is 26.3 Å². The topological polar surface area (TPSA) is 59.9 Å². The van der Waals surface area contributed by atoms with Crippen LogP contribution in [-0.2, 0) is 6.54 Å². The smallest absolute Gasteiger partial charge is 0.343 e. The third-order valence-electron chi connectivity index (χ3n) is 3.43. The molecule has 0 amide bonds. The van der Waals surface area contributed by atoms with E-state index in [2.05, 4.69) is 35.3 Å². The van der Waals surface area contributed by atoms with Crippen molar-refractivity contribution in [3.8, 4) is 16.5 Å². The number of aromatic amines is 1. The predicted octanol–water partition coefficient (Wildman–Crippen LogP) is 3.57. The molecule has 0 aliphatic carbocycles. The number of H-pyrrole nitrogens is 1. The van der Waals surface area contributed by atoms with Crippen LogP contribution in [0.4, 0.5) is 0 Å². The van der Waals surface area contributed by atoms with Crippen LogP contribution in [0.15, 0.2) is 23.0 Å². The summed E-state index contributed by atoms with van der Waals surface area (Å²) in [6.07, 6.45) is 0.0535. The number of aromatic nitrogens is 3. The number of ether oxygens (including phenoxy) is 1. The number of rotatable bonds is 4. The lowest BCUT2D eigenvalue weighted by Gasteiger charge is -2.11. The molecule has 3 rings (SSSR count). The first-order valence-electron chi connectivity index (χ1n) is 7.36.